The van der Waals surface area contributed by atoms with Crippen LogP contribution < -0.4 is 11.1 Å². The molecule has 3 rings (SSSR count). The highest BCUT2D eigenvalue weighted by atomic mass is 32.1. The maximum Gasteiger partial charge on any atom is 0.183 e. The Balaban J connectivity index is 2.09. The number of nitrogens with one attached hydrogen (secondary N) is 1. The van der Waals surface area contributed by atoms with Gasteiger partial charge in [0.25, 0.3) is 0 Å². The lowest BCUT2D eigenvalue weighted by atomic mass is 10.1. The molecule has 0 aliphatic heterocycles. The van der Waals surface area contributed by atoms with Gasteiger partial charge >= 0.3 is 0 Å². The molecule has 1 aromatic heterocycles. The minimum atomic E-state index is -0.405. The summed E-state index contributed by atoms with van der Waals surface area (Å²) in [5.74, 6) is -0.0452. The first-order valence-corrected chi connectivity index (χ1v) is 9.01. The molecular weight excluding hydrogens is 349 g/mol. The van der Waals surface area contributed by atoms with Gasteiger partial charge in [0.2, 0.25) is 0 Å². The fraction of sp³-hybridized carbons (Fsp3) is 0.150. The Kier molecular flexibility index (Phi) is 5.23. The average molecular weight is 369 g/mol. The van der Waals surface area contributed by atoms with Gasteiger partial charge in [-0.2, -0.15) is 0 Å². The van der Waals surface area contributed by atoms with Gasteiger partial charge in [-0.05, 0) is 44.2 Å². The van der Waals surface area contributed by atoms with Gasteiger partial charge in [-0.15, -0.1) is 0 Å². The summed E-state index contributed by atoms with van der Waals surface area (Å²) in [6.45, 7) is 7.72. The first kappa shape index (κ1) is 17.9. The van der Waals surface area contributed by atoms with E-state index in [1.165, 1.54) is 12.3 Å². The van der Waals surface area contributed by atoms with Crippen molar-refractivity contribution in [3.63, 3.8) is 0 Å². The molecule has 0 fully saturated rings. The molecule has 26 heavy (non-hydrogen) atoms. The summed E-state index contributed by atoms with van der Waals surface area (Å²) in [5.41, 5.74) is 8.33. The van der Waals surface area contributed by atoms with E-state index >= 15 is 0 Å². The van der Waals surface area contributed by atoms with E-state index in [1.54, 1.807) is 29.5 Å². The number of rotatable bonds is 6. The van der Waals surface area contributed by atoms with E-state index in [-0.39, 0.29) is 11.3 Å². The Bertz CT molecular complexity index is 978. The Hall–Kier alpha value is -2.86. The Morgan fingerprint density at radius 2 is 2.08 bits per heavy atom. The van der Waals surface area contributed by atoms with Crippen molar-refractivity contribution < 1.29 is 9.13 Å². The molecule has 2 aromatic carbocycles. The lowest BCUT2D eigenvalue weighted by Gasteiger charge is -2.12. The van der Waals surface area contributed by atoms with E-state index in [1.807, 2.05) is 18.2 Å². The van der Waals surface area contributed by atoms with Gasteiger partial charge in [-0.3, -0.25) is 0 Å². The van der Waals surface area contributed by atoms with E-state index in [4.69, 9.17) is 10.5 Å². The van der Waals surface area contributed by atoms with Crippen molar-refractivity contribution >= 4 is 38.1 Å². The standard InChI is InChI=1S/C20H20FN3OS/c1-4-25-19(18(22)14-7-5-6-8-15(14)21)13-9-10-16-17(11-13)26-20(24-16)23-12(2)3/h4-12H,1,22H2,2-3H3,(H,23,24)/b19-18-. The maximum absolute atomic E-state index is 14.1. The zero-order valence-electron chi connectivity index (χ0n) is 14.6. The van der Waals surface area contributed by atoms with Gasteiger partial charge in [0.1, 0.15) is 5.82 Å². The fourth-order valence-electron chi connectivity index (χ4n) is 2.55. The van der Waals surface area contributed by atoms with Crippen LogP contribution in [0.2, 0.25) is 0 Å². The predicted octanol–water partition coefficient (Wildman–Crippen LogP) is 5.20. The van der Waals surface area contributed by atoms with Gasteiger partial charge in [-0.25, -0.2) is 9.37 Å². The third-order valence-electron chi connectivity index (χ3n) is 3.67. The molecule has 3 aromatic rings. The van der Waals surface area contributed by atoms with Crippen LogP contribution in [0.25, 0.3) is 21.7 Å². The van der Waals surface area contributed by atoms with Crippen LogP contribution in [-0.2, 0) is 4.74 Å². The van der Waals surface area contributed by atoms with Gasteiger partial charge < -0.3 is 15.8 Å². The van der Waals surface area contributed by atoms with E-state index in [2.05, 4.69) is 30.7 Å². The molecule has 0 radical (unpaired) electrons. The molecule has 134 valence electrons. The van der Waals surface area contributed by atoms with Gasteiger partial charge in [0.15, 0.2) is 10.9 Å². The van der Waals surface area contributed by atoms with Crippen LogP contribution in [0.4, 0.5) is 9.52 Å². The van der Waals surface area contributed by atoms with E-state index in [9.17, 15) is 4.39 Å². The number of hydrogen-bond acceptors (Lipinski definition) is 5. The number of halogens is 1. The highest BCUT2D eigenvalue weighted by Gasteiger charge is 2.15. The Labute approximate surface area is 155 Å². The quantitative estimate of drug-likeness (QED) is 0.463. The largest absolute Gasteiger partial charge is 0.463 e. The summed E-state index contributed by atoms with van der Waals surface area (Å²) in [5, 5.41) is 4.15. The molecule has 6 heteroatoms. The van der Waals surface area contributed by atoms with Crippen molar-refractivity contribution in [1.29, 1.82) is 0 Å². The highest BCUT2D eigenvalue weighted by Crippen LogP contribution is 2.32. The van der Waals surface area contributed by atoms with Crippen LogP contribution in [-0.4, -0.2) is 11.0 Å². The number of anilines is 1. The van der Waals surface area contributed by atoms with Crippen LogP contribution in [0.15, 0.2) is 55.3 Å². The molecule has 0 atom stereocenters. The number of nitrogens with zero attached hydrogens (tertiary/aromatic N) is 1. The van der Waals surface area contributed by atoms with E-state index in [0.29, 0.717) is 11.8 Å². The van der Waals surface area contributed by atoms with Gasteiger partial charge in [0, 0.05) is 17.2 Å². The van der Waals surface area contributed by atoms with Crippen molar-refractivity contribution in [2.75, 3.05) is 5.32 Å². The SMILES string of the molecule is C=CO/C(=C(\N)c1ccccc1F)c1ccc2nc(NC(C)C)sc2c1. The molecule has 0 spiro atoms. The van der Waals surface area contributed by atoms with Crippen LogP contribution >= 0.6 is 11.3 Å². The predicted molar refractivity (Wildman–Crippen MR) is 107 cm³/mol. The van der Waals surface area contributed by atoms with E-state index in [0.717, 1.165) is 20.9 Å². The number of ether oxygens (including phenoxy) is 1. The maximum atomic E-state index is 14.1. The van der Waals surface area contributed by atoms with Crippen LogP contribution in [0.5, 0.6) is 0 Å². The topological polar surface area (TPSA) is 60.2 Å². The molecule has 0 unspecified atom stereocenters. The Morgan fingerprint density at radius 3 is 2.77 bits per heavy atom. The normalized spacial score (nSPS) is 12.2. The summed E-state index contributed by atoms with van der Waals surface area (Å²) in [6.07, 6.45) is 1.28. The monoisotopic (exact) mass is 369 g/mol. The summed E-state index contributed by atoms with van der Waals surface area (Å²) in [4.78, 5) is 4.56. The summed E-state index contributed by atoms with van der Waals surface area (Å²) >= 11 is 1.54. The summed E-state index contributed by atoms with van der Waals surface area (Å²) in [7, 11) is 0. The lowest BCUT2D eigenvalue weighted by Crippen LogP contribution is -2.08. The second-order valence-corrected chi connectivity index (χ2v) is 7.04. The fourth-order valence-corrected chi connectivity index (χ4v) is 3.60. The number of fused-ring (bicyclic) bond motifs is 1. The minimum Gasteiger partial charge on any atom is -0.463 e. The number of aromatic nitrogens is 1. The molecule has 0 amide bonds. The number of nitrogens with two attached hydrogens (primary N) is 1. The minimum absolute atomic E-state index is 0.215. The van der Waals surface area contributed by atoms with Gasteiger partial charge in [-0.1, -0.05) is 30.0 Å². The average Bonchev–Trinajstić information content (AvgIpc) is 3.00. The van der Waals surface area contributed by atoms with Gasteiger partial charge in [0.05, 0.1) is 22.2 Å². The smallest absolute Gasteiger partial charge is 0.183 e. The van der Waals surface area contributed by atoms with Crippen molar-refractivity contribution in [3.8, 4) is 0 Å². The second-order valence-electron chi connectivity index (χ2n) is 6.01. The molecule has 0 aliphatic rings. The van der Waals surface area contributed by atoms with Crippen molar-refractivity contribution in [2.24, 2.45) is 5.73 Å². The summed E-state index contributed by atoms with van der Waals surface area (Å²) < 4.78 is 20.6. The molecule has 0 saturated carbocycles. The molecule has 1 heterocycles. The third kappa shape index (κ3) is 3.70. The van der Waals surface area contributed by atoms with Crippen molar-refractivity contribution in [2.45, 2.75) is 19.9 Å². The molecule has 0 bridgehead atoms. The Morgan fingerprint density at radius 1 is 1.31 bits per heavy atom. The van der Waals surface area contributed by atoms with Crippen LogP contribution in [0.1, 0.15) is 25.0 Å². The lowest BCUT2D eigenvalue weighted by molar-refractivity contribution is 0.439. The molecule has 4 nitrogen and oxygen atoms in total. The molecule has 0 saturated heterocycles. The van der Waals surface area contributed by atoms with E-state index < -0.39 is 5.82 Å². The first-order chi connectivity index (χ1) is 12.5. The van der Waals surface area contributed by atoms with Crippen LogP contribution in [0, 0.1) is 5.82 Å². The van der Waals surface area contributed by atoms with Crippen molar-refractivity contribution in [3.05, 3.63) is 72.2 Å². The number of thiazole rings is 1. The molecular formula is C20H20FN3OS. The zero-order chi connectivity index (χ0) is 18.7. The zero-order valence-corrected chi connectivity index (χ0v) is 15.4. The van der Waals surface area contributed by atoms with Crippen LogP contribution in [0.3, 0.4) is 0 Å². The number of benzene rings is 2. The highest BCUT2D eigenvalue weighted by molar-refractivity contribution is 7.22. The molecule has 0 aliphatic carbocycles. The second kappa shape index (κ2) is 7.58. The third-order valence-corrected chi connectivity index (χ3v) is 4.62. The van der Waals surface area contributed by atoms with Crippen molar-refractivity contribution in [1.82, 2.24) is 4.98 Å². The molecule has 3 N–H and O–H groups in total. The first-order valence-electron chi connectivity index (χ1n) is 8.19. The summed E-state index contributed by atoms with van der Waals surface area (Å²) in [6, 6.07) is 12.3. The number of hydrogen-bond donors (Lipinski definition) is 2.